The number of rotatable bonds is 6. The fourth-order valence-corrected chi connectivity index (χ4v) is 3.27. The number of benzene rings is 1. The van der Waals surface area contributed by atoms with Crippen LogP contribution < -0.4 is 5.32 Å². The lowest BCUT2D eigenvalue weighted by molar-refractivity contribution is -0.150. The van der Waals surface area contributed by atoms with Crippen molar-refractivity contribution in [1.29, 1.82) is 0 Å². The number of carbonyl (C=O) groups is 1. The number of nitrogens with one attached hydrogen (secondary N) is 1. The van der Waals surface area contributed by atoms with E-state index in [-0.39, 0.29) is 5.97 Å². The highest BCUT2D eigenvalue weighted by Gasteiger charge is 2.37. The van der Waals surface area contributed by atoms with Crippen LogP contribution in [0.3, 0.4) is 0 Å². The average Bonchev–Trinajstić information content (AvgIpc) is 2.94. The van der Waals surface area contributed by atoms with Crippen molar-refractivity contribution in [2.75, 3.05) is 6.61 Å². The minimum Gasteiger partial charge on any atom is -0.465 e. The van der Waals surface area contributed by atoms with Gasteiger partial charge >= 0.3 is 5.97 Å². The predicted molar refractivity (Wildman–Crippen MR) is 88.3 cm³/mol. The summed E-state index contributed by atoms with van der Waals surface area (Å²) < 4.78 is 6.35. The van der Waals surface area contributed by atoms with Crippen LogP contribution in [0.5, 0.6) is 0 Å². The molecule has 0 bridgehead atoms. The Morgan fingerprint density at radius 1 is 1.33 bits per heavy atom. The lowest BCUT2D eigenvalue weighted by Gasteiger charge is -2.32. The second-order valence-electron chi connectivity index (χ2n) is 5.98. The molecule has 1 fully saturated rings. The molecule has 0 radical (unpaired) electrons. The minimum absolute atomic E-state index is 0.153. The summed E-state index contributed by atoms with van der Waals surface area (Å²) >= 11 is 3.44. The SMILES string of the molecule is CCOC(=O)C(C)(Cc1ccc(Br)cc1)NC1CCCC1. The summed E-state index contributed by atoms with van der Waals surface area (Å²) in [5.41, 5.74) is 0.484. The zero-order valence-corrected chi connectivity index (χ0v) is 14.4. The Balaban J connectivity index is 2.13. The third-order valence-electron chi connectivity index (χ3n) is 4.07. The summed E-state index contributed by atoms with van der Waals surface area (Å²) in [6.45, 7) is 4.24. The molecule has 4 heteroatoms. The Hall–Kier alpha value is -0.870. The third kappa shape index (κ3) is 4.55. The van der Waals surface area contributed by atoms with E-state index in [0.29, 0.717) is 19.1 Å². The topological polar surface area (TPSA) is 38.3 Å². The van der Waals surface area contributed by atoms with E-state index in [2.05, 4.69) is 33.4 Å². The van der Waals surface area contributed by atoms with E-state index in [1.54, 1.807) is 0 Å². The van der Waals surface area contributed by atoms with Gasteiger partial charge in [-0.15, -0.1) is 0 Å². The molecule has 1 aromatic rings. The molecule has 1 aliphatic rings. The quantitative estimate of drug-likeness (QED) is 0.789. The van der Waals surface area contributed by atoms with Gasteiger partial charge in [-0.3, -0.25) is 10.1 Å². The molecular weight excluding hydrogens is 330 g/mol. The van der Waals surface area contributed by atoms with Gasteiger partial charge in [0.15, 0.2) is 0 Å². The molecule has 1 atom stereocenters. The van der Waals surface area contributed by atoms with E-state index >= 15 is 0 Å². The van der Waals surface area contributed by atoms with Crippen LogP contribution in [0.25, 0.3) is 0 Å². The molecule has 1 saturated carbocycles. The average molecular weight is 354 g/mol. The van der Waals surface area contributed by atoms with Gasteiger partial charge in [0, 0.05) is 16.9 Å². The molecular formula is C17H24BrNO2. The van der Waals surface area contributed by atoms with Gasteiger partial charge in [-0.25, -0.2) is 0 Å². The molecule has 0 aromatic heterocycles. The minimum atomic E-state index is -0.654. The van der Waals surface area contributed by atoms with Crippen LogP contribution in [0.1, 0.15) is 45.1 Å². The third-order valence-corrected chi connectivity index (χ3v) is 4.60. The molecule has 2 rings (SSSR count). The van der Waals surface area contributed by atoms with E-state index in [9.17, 15) is 4.79 Å². The van der Waals surface area contributed by atoms with Gasteiger partial charge in [0.1, 0.15) is 5.54 Å². The number of hydrogen-bond donors (Lipinski definition) is 1. The highest BCUT2D eigenvalue weighted by Crippen LogP contribution is 2.24. The number of esters is 1. The van der Waals surface area contributed by atoms with Gasteiger partial charge in [-0.2, -0.15) is 0 Å². The lowest BCUT2D eigenvalue weighted by atomic mass is 9.91. The van der Waals surface area contributed by atoms with Crippen molar-refractivity contribution in [2.24, 2.45) is 0 Å². The summed E-state index contributed by atoms with van der Waals surface area (Å²) in [5, 5.41) is 3.55. The molecule has 1 unspecified atom stereocenters. The summed E-state index contributed by atoms with van der Waals surface area (Å²) in [7, 11) is 0. The van der Waals surface area contributed by atoms with Crippen molar-refractivity contribution in [3.05, 3.63) is 34.3 Å². The number of halogens is 1. The maximum absolute atomic E-state index is 12.4. The van der Waals surface area contributed by atoms with Crippen molar-refractivity contribution < 1.29 is 9.53 Å². The summed E-state index contributed by atoms with van der Waals surface area (Å²) in [4.78, 5) is 12.4. The Morgan fingerprint density at radius 3 is 2.52 bits per heavy atom. The zero-order valence-electron chi connectivity index (χ0n) is 12.8. The molecule has 0 aliphatic heterocycles. The lowest BCUT2D eigenvalue weighted by Crippen LogP contribution is -2.55. The first kappa shape index (κ1) is 16.5. The number of ether oxygens (including phenoxy) is 1. The largest absolute Gasteiger partial charge is 0.465 e. The van der Waals surface area contributed by atoms with Gasteiger partial charge in [0.25, 0.3) is 0 Å². The molecule has 21 heavy (non-hydrogen) atoms. The molecule has 0 amide bonds. The Bertz CT molecular complexity index is 468. The normalized spacial score (nSPS) is 18.4. The number of hydrogen-bond acceptors (Lipinski definition) is 3. The van der Waals surface area contributed by atoms with Crippen molar-refractivity contribution in [3.63, 3.8) is 0 Å². The first-order valence-corrected chi connectivity index (χ1v) is 8.52. The van der Waals surface area contributed by atoms with Crippen LogP contribution in [-0.4, -0.2) is 24.2 Å². The molecule has 3 nitrogen and oxygen atoms in total. The second-order valence-corrected chi connectivity index (χ2v) is 6.90. The van der Waals surface area contributed by atoms with E-state index in [1.807, 2.05) is 26.0 Å². The first-order chi connectivity index (χ1) is 10.0. The monoisotopic (exact) mass is 353 g/mol. The van der Waals surface area contributed by atoms with Gasteiger partial charge in [-0.1, -0.05) is 40.9 Å². The summed E-state index contributed by atoms with van der Waals surface area (Å²) in [6.07, 6.45) is 5.43. The molecule has 0 spiro atoms. The molecule has 1 N–H and O–H groups in total. The predicted octanol–water partition coefficient (Wildman–Crippen LogP) is 3.85. The fourth-order valence-electron chi connectivity index (χ4n) is 3.00. The Morgan fingerprint density at radius 2 is 1.95 bits per heavy atom. The molecule has 116 valence electrons. The van der Waals surface area contributed by atoms with Crippen LogP contribution in [0.2, 0.25) is 0 Å². The Kier molecular flexibility index (Phi) is 5.82. The van der Waals surface area contributed by atoms with E-state index in [1.165, 1.54) is 12.8 Å². The van der Waals surface area contributed by atoms with Gasteiger partial charge in [-0.05, 0) is 44.4 Å². The van der Waals surface area contributed by atoms with Crippen LogP contribution in [0.4, 0.5) is 0 Å². The van der Waals surface area contributed by atoms with Gasteiger partial charge in [0.05, 0.1) is 6.61 Å². The van der Waals surface area contributed by atoms with E-state index in [0.717, 1.165) is 22.9 Å². The Labute approximate surface area is 135 Å². The van der Waals surface area contributed by atoms with Crippen LogP contribution >= 0.6 is 15.9 Å². The highest BCUT2D eigenvalue weighted by atomic mass is 79.9. The molecule has 0 saturated heterocycles. The van der Waals surface area contributed by atoms with Crippen molar-refractivity contribution in [3.8, 4) is 0 Å². The molecule has 1 aliphatic carbocycles. The maximum Gasteiger partial charge on any atom is 0.326 e. The fraction of sp³-hybridized carbons (Fsp3) is 0.588. The van der Waals surface area contributed by atoms with Crippen LogP contribution in [0.15, 0.2) is 28.7 Å². The summed E-state index contributed by atoms with van der Waals surface area (Å²) in [5.74, 6) is -0.153. The molecule has 0 heterocycles. The standard InChI is InChI=1S/C17H24BrNO2/c1-3-21-16(20)17(2,19-15-6-4-5-7-15)12-13-8-10-14(18)11-9-13/h8-11,15,19H,3-7,12H2,1-2H3. The van der Waals surface area contributed by atoms with Crippen LogP contribution in [0, 0.1) is 0 Å². The smallest absolute Gasteiger partial charge is 0.326 e. The molecule has 1 aromatic carbocycles. The van der Waals surface area contributed by atoms with E-state index < -0.39 is 5.54 Å². The van der Waals surface area contributed by atoms with E-state index in [4.69, 9.17) is 4.74 Å². The first-order valence-electron chi connectivity index (χ1n) is 7.73. The van der Waals surface area contributed by atoms with Crippen molar-refractivity contribution in [2.45, 2.75) is 57.5 Å². The second kappa shape index (κ2) is 7.41. The van der Waals surface area contributed by atoms with Crippen LogP contribution in [-0.2, 0) is 16.0 Å². The van der Waals surface area contributed by atoms with Crippen molar-refractivity contribution >= 4 is 21.9 Å². The highest BCUT2D eigenvalue weighted by molar-refractivity contribution is 9.10. The zero-order chi connectivity index (χ0) is 15.3. The van der Waals surface area contributed by atoms with Crippen molar-refractivity contribution in [1.82, 2.24) is 5.32 Å². The summed E-state index contributed by atoms with van der Waals surface area (Å²) in [6, 6.07) is 8.55. The maximum atomic E-state index is 12.4. The number of carbonyl (C=O) groups excluding carboxylic acids is 1. The van der Waals surface area contributed by atoms with Gasteiger partial charge in [0.2, 0.25) is 0 Å². The van der Waals surface area contributed by atoms with Gasteiger partial charge < -0.3 is 4.74 Å².